The molecule has 1 aromatic heterocycles. The SMILES string of the molecule is CCOC(=O)c1c(NC(=O)/C(C#N)=C/N(C)C)sc2c1CCCC2. The van der Waals surface area contributed by atoms with Crippen LogP contribution in [0.5, 0.6) is 0 Å². The number of hydrogen-bond donors (Lipinski definition) is 1. The predicted octanol–water partition coefficient (Wildman–Crippen LogP) is 2.71. The van der Waals surface area contributed by atoms with Gasteiger partial charge >= 0.3 is 5.97 Å². The number of fused-ring (bicyclic) bond motifs is 1. The minimum absolute atomic E-state index is 0.0128. The molecule has 0 fully saturated rings. The number of carbonyl (C=O) groups is 2. The van der Waals surface area contributed by atoms with Crippen molar-refractivity contribution < 1.29 is 14.3 Å². The maximum absolute atomic E-state index is 12.4. The average Bonchev–Trinajstić information content (AvgIpc) is 2.90. The van der Waals surface area contributed by atoms with Crippen LogP contribution in [0.3, 0.4) is 0 Å². The number of hydrogen-bond acceptors (Lipinski definition) is 6. The molecule has 0 atom stereocenters. The van der Waals surface area contributed by atoms with E-state index >= 15 is 0 Å². The van der Waals surface area contributed by atoms with Gasteiger partial charge < -0.3 is 15.0 Å². The highest BCUT2D eigenvalue weighted by molar-refractivity contribution is 7.17. The zero-order chi connectivity index (χ0) is 17.7. The average molecular weight is 347 g/mol. The quantitative estimate of drug-likeness (QED) is 0.503. The molecule has 0 aliphatic heterocycles. The Kier molecular flexibility index (Phi) is 5.99. The fraction of sp³-hybridized carbons (Fsp3) is 0.471. The van der Waals surface area contributed by atoms with Crippen molar-refractivity contribution in [2.24, 2.45) is 0 Å². The highest BCUT2D eigenvalue weighted by Gasteiger charge is 2.27. The van der Waals surface area contributed by atoms with E-state index in [1.54, 1.807) is 25.9 Å². The van der Waals surface area contributed by atoms with Crippen molar-refractivity contribution in [2.45, 2.75) is 32.6 Å². The lowest BCUT2D eigenvalue weighted by Crippen LogP contribution is -2.18. The smallest absolute Gasteiger partial charge is 0.341 e. The number of nitriles is 1. The van der Waals surface area contributed by atoms with Crippen LogP contribution in [0.4, 0.5) is 5.00 Å². The number of ether oxygens (including phenoxy) is 1. The van der Waals surface area contributed by atoms with E-state index in [0.717, 1.165) is 36.1 Å². The molecule has 1 N–H and O–H groups in total. The first-order chi connectivity index (χ1) is 11.5. The number of rotatable bonds is 5. The van der Waals surface area contributed by atoms with Gasteiger partial charge in [-0.1, -0.05) is 0 Å². The molecule has 1 aliphatic carbocycles. The van der Waals surface area contributed by atoms with Crippen LogP contribution < -0.4 is 5.32 Å². The van der Waals surface area contributed by atoms with Crippen LogP contribution in [-0.2, 0) is 22.4 Å². The Bertz CT molecular complexity index is 713. The molecular weight excluding hydrogens is 326 g/mol. The molecule has 0 spiro atoms. The second kappa shape index (κ2) is 7.97. The Balaban J connectivity index is 2.36. The van der Waals surface area contributed by atoms with Gasteiger partial charge in [0.15, 0.2) is 0 Å². The van der Waals surface area contributed by atoms with Gasteiger partial charge in [0.2, 0.25) is 0 Å². The number of nitrogens with one attached hydrogen (secondary N) is 1. The van der Waals surface area contributed by atoms with Gasteiger partial charge in [0.25, 0.3) is 5.91 Å². The molecule has 6 nitrogen and oxygen atoms in total. The first kappa shape index (κ1) is 18.0. The Morgan fingerprint density at radius 2 is 2.08 bits per heavy atom. The lowest BCUT2D eigenvalue weighted by molar-refractivity contribution is -0.112. The molecule has 7 heteroatoms. The highest BCUT2D eigenvalue weighted by atomic mass is 32.1. The molecule has 0 bridgehead atoms. The van der Waals surface area contributed by atoms with E-state index in [1.807, 2.05) is 6.07 Å². The van der Waals surface area contributed by atoms with Crippen LogP contribution in [0, 0.1) is 11.3 Å². The summed E-state index contributed by atoms with van der Waals surface area (Å²) in [5.74, 6) is -0.933. The standard InChI is InChI=1S/C17H21N3O3S/c1-4-23-17(22)14-12-7-5-6-8-13(12)24-16(14)19-15(21)11(9-18)10-20(2)3/h10H,4-8H2,1-3H3,(H,19,21)/b11-10+. The topological polar surface area (TPSA) is 82.4 Å². The number of nitrogens with zero attached hydrogens (tertiary/aromatic N) is 2. The zero-order valence-electron chi connectivity index (χ0n) is 14.1. The molecule has 2 rings (SSSR count). The van der Waals surface area contributed by atoms with Crippen LogP contribution in [0.25, 0.3) is 0 Å². The van der Waals surface area contributed by atoms with Crippen LogP contribution in [0.1, 0.15) is 40.6 Å². The van der Waals surface area contributed by atoms with Gasteiger partial charge in [0.05, 0.1) is 12.2 Å². The van der Waals surface area contributed by atoms with Crippen molar-refractivity contribution in [1.82, 2.24) is 4.90 Å². The van der Waals surface area contributed by atoms with E-state index in [-0.39, 0.29) is 12.2 Å². The van der Waals surface area contributed by atoms with E-state index in [9.17, 15) is 9.59 Å². The third-order valence-corrected chi connectivity index (χ3v) is 4.84. The summed E-state index contributed by atoms with van der Waals surface area (Å²) in [4.78, 5) is 27.4. The maximum atomic E-state index is 12.4. The monoisotopic (exact) mass is 347 g/mol. The van der Waals surface area contributed by atoms with Gasteiger partial charge in [-0.15, -0.1) is 11.3 Å². The number of aryl methyl sites for hydroxylation is 1. The molecule has 1 aromatic rings. The minimum atomic E-state index is -0.518. The van der Waals surface area contributed by atoms with Crippen molar-refractivity contribution in [2.75, 3.05) is 26.0 Å². The number of carbonyl (C=O) groups excluding carboxylic acids is 2. The Morgan fingerprint density at radius 1 is 1.38 bits per heavy atom. The molecule has 24 heavy (non-hydrogen) atoms. The molecule has 1 amide bonds. The van der Waals surface area contributed by atoms with E-state index < -0.39 is 11.9 Å². The first-order valence-electron chi connectivity index (χ1n) is 7.89. The Hall–Kier alpha value is -2.33. The summed E-state index contributed by atoms with van der Waals surface area (Å²) in [5, 5.41) is 12.4. The van der Waals surface area contributed by atoms with Crippen LogP contribution in [0.2, 0.25) is 0 Å². The molecule has 0 saturated heterocycles. The highest BCUT2D eigenvalue weighted by Crippen LogP contribution is 2.38. The minimum Gasteiger partial charge on any atom is -0.462 e. The summed E-state index contributed by atoms with van der Waals surface area (Å²) in [6.07, 6.45) is 5.27. The molecule has 1 heterocycles. The second-order valence-corrected chi connectivity index (χ2v) is 6.81. The Morgan fingerprint density at radius 3 is 2.71 bits per heavy atom. The normalized spacial score (nSPS) is 13.7. The van der Waals surface area contributed by atoms with Gasteiger partial charge in [-0.25, -0.2) is 4.79 Å². The van der Waals surface area contributed by atoms with Crippen molar-refractivity contribution in [3.05, 3.63) is 27.8 Å². The molecule has 0 unspecified atom stereocenters. The fourth-order valence-corrected chi connectivity index (χ4v) is 3.91. The van der Waals surface area contributed by atoms with Gasteiger partial charge in [-0.2, -0.15) is 5.26 Å². The summed E-state index contributed by atoms with van der Waals surface area (Å²) in [6, 6.07) is 1.88. The fourth-order valence-electron chi connectivity index (χ4n) is 2.64. The largest absolute Gasteiger partial charge is 0.462 e. The van der Waals surface area contributed by atoms with Crippen molar-refractivity contribution >= 4 is 28.2 Å². The van der Waals surface area contributed by atoms with Crippen molar-refractivity contribution in [1.29, 1.82) is 5.26 Å². The summed E-state index contributed by atoms with van der Waals surface area (Å²) < 4.78 is 5.15. The first-order valence-corrected chi connectivity index (χ1v) is 8.70. The zero-order valence-corrected chi connectivity index (χ0v) is 15.0. The molecule has 0 aromatic carbocycles. The predicted molar refractivity (Wildman–Crippen MR) is 92.9 cm³/mol. The van der Waals surface area contributed by atoms with Crippen LogP contribution in [0.15, 0.2) is 11.8 Å². The van der Waals surface area contributed by atoms with Gasteiger partial charge in [-0.05, 0) is 38.2 Å². The molecule has 0 saturated carbocycles. The summed E-state index contributed by atoms with van der Waals surface area (Å²) in [5.41, 5.74) is 1.42. The van der Waals surface area contributed by atoms with E-state index in [0.29, 0.717) is 10.6 Å². The summed E-state index contributed by atoms with van der Waals surface area (Å²) in [7, 11) is 3.47. The summed E-state index contributed by atoms with van der Waals surface area (Å²) in [6.45, 7) is 2.03. The van der Waals surface area contributed by atoms with E-state index in [4.69, 9.17) is 10.00 Å². The van der Waals surface area contributed by atoms with Crippen LogP contribution in [-0.4, -0.2) is 37.5 Å². The van der Waals surface area contributed by atoms with Crippen molar-refractivity contribution in [3.63, 3.8) is 0 Å². The third-order valence-electron chi connectivity index (χ3n) is 3.63. The maximum Gasteiger partial charge on any atom is 0.341 e. The lowest BCUT2D eigenvalue weighted by atomic mass is 9.95. The number of amides is 1. The second-order valence-electron chi connectivity index (χ2n) is 5.71. The number of esters is 1. The summed E-state index contributed by atoms with van der Waals surface area (Å²) >= 11 is 1.41. The van der Waals surface area contributed by atoms with Gasteiger partial charge in [0.1, 0.15) is 16.6 Å². The van der Waals surface area contributed by atoms with Gasteiger partial charge in [-0.3, -0.25) is 4.79 Å². The molecule has 1 aliphatic rings. The van der Waals surface area contributed by atoms with Crippen LogP contribution >= 0.6 is 11.3 Å². The Labute approximate surface area is 145 Å². The molecule has 128 valence electrons. The van der Waals surface area contributed by atoms with E-state index in [2.05, 4.69) is 5.32 Å². The van der Waals surface area contributed by atoms with Gasteiger partial charge in [0, 0.05) is 25.2 Å². The number of anilines is 1. The molecule has 0 radical (unpaired) electrons. The van der Waals surface area contributed by atoms with E-state index in [1.165, 1.54) is 17.5 Å². The lowest BCUT2D eigenvalue weighted by Gasteiger charge is -2.12. The third kappa shape index (κ3) is 3.95. The molecular formula is C17H21N3O3S. The number of thiophene rings is 1. The van der Waals surface area contributed by atoms with Crippen molar-refractivity contribution in [3.8, 4) is 6.07 Å².